The lowest BCUT2D eigenvalue weighted by Crippen LogP contribution is -2.33. The summed E-state index contributed by atoms with van der Waals surface area (Å²) < 4.78 is 1.04. The van der Waals surface area contributed by atoms with Gasteiger partial charge in [-0.1, -0.05) is 6.92 Å². The van der Waals surface area contributed by atoms with Crippen LogP contribution in [0.5, 0.6) is 0 Å². The number of carbonyl (C=O) groups is 2. The highest BCUT2D eigenvalue weighted by molar-refractivity contribution is 14.1. The lowest BCUT2D eigenvalue weighted by Gasteiger charge is -2.18. The van der Waals surface area contributed by atoms with Crippen LogP contribution in [0.25, 0.3) is 0 Å². The predicted molar refractivity (Wildman–Crippen MR) is 70.8 cm³/mol. The molecule has 0 spiro atoms. The van der Waals surface area contributed by atoms with Crippen LogP contribution in [0, 0.1) is 8.80 Å². The van der Waals surface area contributed by atoms with E-state index < -0.39 is 11.9 Å². The summed E-state index contributed by atoms with van der Waals surface area (Å²) in [6.07, 6.45) is 0. The monoisotopic (exact) mass is 353 g/mol. The number of aliphatic carboxylic acids is 1. The van der Waals surface area contributed by atoms with E-state index in [1.165, 1.54) is 16.2 Å². The van der Waals surface area contributed by atoms with Crippen molar-refractivity contribution in [1.29, 1.82) is 0 Å². The zero-order chi connectivity index (χ0) is 12.3. The van der Waals surface area contributed by atoms with Gasteiger partial charge in [-0.2, -0.15) is 0 Å². The van der Waals surface area contributed by atoms with Crippen LogP contribution in [-0.2, 0) is 4.79 Å². The van der Waals surface area contributed by atoms with E-state index in [2.05, 4.69) is 22.6 Å². The number of rotatable bonds is 4. The van der Waals surface area contributed by atoms with Crippen molar-refractivity contribution in [3.63, 3.8) is 0 Å². The van der Waals surface area contributed by atoms with E-state index in [0.717, 1.165) is 2.88 Å². The maximum atomic E-state index is 11.9. The van der Waals surface area contributed by atoms with Gasteiger partial charge in [-0.25, -0.2) is 0 Å². The molecular formula is C10H12INO3S. The number of thiophene rings is 1. The van der Waals surface area contributed by atoms with E-state index >= 15 is 0 Å². The Kier molecular flexibility index (Phi) is 4.72. The number of carbonyl (C=O) groups excluding carboxylic acids is 1. The first-order valence-corrected chi connectivity index (χ1v) is 6.60. The van der Waals surface area contributed by atoms with Gasteiger partial charge in [-0.15, -0.1) is 11.3 Å². The number of halogens is 1. The molecule has 1 atom stereocenters. The van der Waals surface area contributed by atoms with Crippen LogP contribution in [0.15, 0.2) is 11.4 Å². The Morgan fingerprint density at radius 2 is 2.25 bits per heavy atom. The summed E-state index contributed by atoms with van der Waals surface area (Å²) in [5.41, 5.74) is 0.620. The van der Waals surface area contributed by atoms with Crippen molar-refractivity contribution in [1.82, 2.24) is 4.90 Å². The molecule has 0 radical (unpaired) electrons. The van der Waals surface area contributed by atoms with Crippen LogP contribution < -0.4 is 0 Å². The minimum Gasteiger partial charge on any atom is -0.481 e. The number of hydrogen-bond acceptors (Lipinski definition) is 3. The van der Waals surface area contributed by atoms with Gasteiger partial charge in [0.15, 0.2) is 0 Å². The number of carboxylic acids is 1. The zero-order valence-electron chi connectivity index (χ0n) is 8.94. The molecule has 1 aromatic rings. The summed E-state index contributed by atoms with van der Waals surface area (Å²) in [7, 11) is 1.62. The summed E-state index contributed by atoms with van der Waals surface area (Å²) in [6.45, 7) is 1.81. The van der Waals surface area contributed by atoms with E-state index in [-0.39, 0.29) is 12.5 Å². The summed E-state index contributed by atoms with van der Waals surface area (Å²) >= 11 is 3.65. The smallest absolute Gasteiger partial charge is 0.308 e. The third-order valence-corrected chi connectivity index (χ3v) is 3.92. The van der Waals surface area contributed by atoms with E-state index in [1.807, 2.05) is 0 Å². The van der Waals surface area contributed by atoms with Crippen molar-refractivity contribution in [2.24, 2.45) is 5.92 Å². The number of nitrogens with zero attached hydrogens (tertiary/aromatic N) is 1. The minimum atomic E-state index is -0.889. The summed E-state index contributed by atoms with van der Waals surface area (Å²) in [4.78, 5) is 24.0. The van der Waals surface area contributed by atoms with Crippen LogP contribution in [0.2, 0.25) is 0 Å². The maximum Gasteiger partial charge on any atom is 0.308 e. The first-order valence-electron chi connectivity index (χ1n) is 4.64. The van der Waals surface area contributed by atoms with Gasteiger partial charge in [-0.3, -0.25) is 9.59 Å². The van der Waals surface area contributed by atoms with Crippen molar-refractivity contribution >= 4 is 45.8 Å². The summed E-state index contributed by atoms with van der Waals surface area (Å²) in [6, 6.07) is 1.80. The Balaban J connectivity index is 2.64. The molecule has 1 rings (SSSR count). The van der Waals surface area contributed by atoms with Gasteiger partial charge >= 0.3 is 5.97 Å². The van der Waals surface area contributed by atoms with Crippen molar-refractivity contribution in [3.8, 4) is 0 Å². The van der Waals surface area contributed by atoms with E-state index in [0.29, 0.717) is 5.56 Å². The molecule has 4 nitrogen and oxygen atoms in total. The summed E-state index contributed by atoms with van der Waals surface area (Å²) in [5, 5.41) is 10.5. The highest BCUT2D eigenvalue weighted by Crippen LogP contribution is 2.18. The van der Waals surface area contributed by atoms with Crippen LogP contribution in [-0.4, -0.2) is 35.5 Å². The quantitative estimate of drug-likeness (QED) is 0.844. The first-order chi connectivity index (χ1) is 7.41. The van der Waals surface area contributed by atoms with Gasteiger partial charge in [0, 0.05) is 19.0 Å². The van der Waals surface area contributed by atoms with Crippen molar-refractivity contribution in [3.05, 3.63) is 19.9 Å². The molecule has 6 heteroatoms. The molecule has 0 saturated carbocycles. The third-order valence-electron chi connectivity index (χ3n) is 2.13. The number of carboxylic acid groups (broad SMARTS) is 1. The van der Waals surface area contributed by atoms with Gasteiger partial charge in [0.25, 0.3) is 5.91 Å². The molecule has 1 aromatic heterocycles. The number of amides is 1. The molecule has 0 saturated heterocycles. The van der Waals surface area contributed by atoms with Gasteiger partial charge in [-0.05, 0) is 28.7 Å². The molecule has 0 aromatic carbocycles. The molecular weight excluding hydrogens is 341 g/mol. The fourth-order valence-corrected chi connectivity index (χ4v) is 2.53. The normalized spacial score (nSPS) is 12.2. The molecule has 88 valence electrons. The highest BCUT2D eigenvalue weighted by atomic mass is 127. The molecule has 1 N–H and O–H groups in total. The Labute approximate surface area is 111 Å². The minimum absolute atomic E-state index is 0.132. The first kappa shape index (κ1) is 13.4. The predicted octanol–water partition coefficient (Wildman–Crippen LogP) is 2.15. The standard InChI is InChI=1S/C10H12INO3S/c1-6(10(14)15)4-12(2)9(13)7-3-8(11)16-5-7/h3,5-6H,4H2,1-2H3,(H,14,15). The molecule has 1 heterocycles. The molecule has 16 heavy (non-hydrogen) atoms. The van der Waals surface area contributed by atoms with Crippen LogP contribution in [0.4, 0.5) is 0 Å². The van der Waals surface area contributed by atoms with Crippen molar-refractivity contribution in [2.45, 2.75) is 6.92 Å². The lowest BCUT2D eigenvalue weighted by atomic mass is 10.1. The topological polar surface area (TPSA) is 57.6 Å². The average Bonchev–Trinajstić information content (AvgIpc) is 2.63. The molecule has 0 aliphatic carbocycles. The molecule has 0 fully saturated rings. The molecule has 0 aliphatic heterocycles. The van der Waals surface area contributed by atoms with Gasteiger partial charge in [0.05, 0.1) is 14.4 Å². The highest BCUT2D eigenvalue weighted by Gasteiger charge is 2.19. The Bertz CT molecular complexity index is 405. The van der Waals surface area contributed by atoms with Crippen molar-refractivity contribution in [2.75, 3.05) is 13.6 Å². The zero-order valence-corrected chi connectivity index (χ0v) is 11.9. The van der Waals surface area contributed by atoms with E-state index in [4.69, 9.17) is 5.11 Å². The lowest BCUT2D eigenvalue weighted by molar-refractivity contribution is -0.141. The van der Waals surface area contributed by atoms with Crippen LogP contribution >= 0.6 is 33.9 Å². The third kappa shape index (κ3) is 3.44. The van der Waals surface area contributed by atoms with Gasteiger partial charge in [0.2, 0.25) is 0 Å². The number of hydrogen-bond donors (Lipinski definition) is 1. The van der Waals surface area contributed by atoms with E-state index in [1.54, 1.807) is 25.4 Å². The summed E-state index contributed by atoms with van der Waals surface area (Å²) in [5.74, 6) is -1.57. The van der Waals surface area contributed by atoms with E-state index in [9.17, 15) is 9.59 Å². The maximum absolute atomic E-state index is 11.9. The second-order valence-corrected chi connectivity index (χ2v) is 6.37. The molecule has 1 amide bonds. The Morgan fingerprint density at radius 1 is 1.62 bits per heavy atom. The second kappa shape index (κ2) is 5.62. The second-order valence-electron chi connectivity index (χ2n) is 3.56. The Morgan fingerprint density at radius 3 is 2.69 bits per heavy atom. The van der Waals surface area contributed by atoms with Crippen LogP contribution in [0.3, 0.4) is 0 Å². The van der Waals surface area contributed by atoms with Crippen LogP contribution in [0.1, 0.15) is 17.3 Å². The van der Waals surface area contributed by atoms with Crippen molar-refractivity contribution < 1.29 is 14.7 Å². The van der Waals surface area contributed by atoms with Gasteiger partial charge in [0.1, 0.15) is 0 Å². The molecule has 1 unspecified atom stereocenters. The largest absolute Gasteiger partial charge is 0.481 e. The average molecular weight is 353 g/mol. The molecule has 0 bridgehead atoms. The fourth-order valence-electron chi connectivity index (χ4n) is 1.21. The Hall–Kier alpha value is -0.630. The SMILES string of the molecule is CC(CN(C)C(=O)c1csc(I)c1)C(=O)O. The molecule has 0 aliphatic rings. The fraction of sp³-hybridized carbons (Fsp3) is 0.400. The van der Waals surface area contributed by atoms with Gasteiger partial charge < -0.3 is 10.0 Å².